The van der Waals surface area contributed by atoms with Crippen LogP contribution in [-0.4, -0.2) is 27.7 Å². The topological polar surface area (TPSA) is 73.6 Å². The summed E-state index contributed by atoms with van der Waals surface area (Å²) in [7, 11) is 0. The molecular formula is C30H31F3N2O3S. The van der Waals surface area contributed by atoms with Crippen molar-refractivity contribution in [2.45, 2.75) is 45.5 Å². The first-order chi connectivity index (χ1) is 18.6. The highest BCUT2D eigenvalue weighted by atomic mass is 32.2. The van der Waals surface area contributed by atoms with E-state index in [2.05, 4.69) is 0 Å². The van der Waals surface area contributed by atoms with Crippen LogP contribution in [0, 0.1) is 5.41 Å². The second kappa shape index (κ2) is 14.4. The molecule has 3 aromatic rings. The maximum atomic E-state index is 12.7. The molecular weight excluding hydrogens is 525 g/mol. The van der Waals surface area contributed by atoms with Gasteiger partial charge in [0, 0.05) is 19.5 Å². The second-order valence-corrected chi connectivity index (χ2v) is 9.80. The van der Waals surface area contributed by atoms with Crippen molar-refractivity contribution in [3.8, 4) is 5.75 Å². The standard InChI is InChI=1S/C30H31F3N2O3S/c1-2-18-35(29(34)39-19-17-23-7-12-26(13-8-23)30(31,32)33)20-24-3-5-25(6-4-24)21-38-27-14-9-22(10-15-27)11-16-28(36)37/h3-10,12-15,17,19,34H,2,11,16,18,20-21H2,1H3,(H,36,37)/b19-17+,34-29?. The summed E-state index contributed by atoms with van der Waals surface area (Å²) in [6, 6.07) is 20.3. The van der Waals surface area contributed by atoms with E-state index in [1.807, 2.05) is 60.4 Å². The number of ether oxygens (including phenoxy) is 1. The summed E-state index contributed by atoms with van der Waals surface area (Å²) in [5.41, 5.74) is 2.95. The molecule has 0 heterocycles. The van der Waals surface area contributed by atoms with Crippen LogP contribution in [0.4, 0.5) is 13.2 Å². The quantitative estimate of drug-likeness (QED) is 0.176. The van der Waals surface area contributed by atoms with Crippen molar-refractivity contribution in [1.82, 2.24) is 4.90 Å². The lowest BCUT2D eigenvalue weighted by Gasteiger charge is -2.23. The molecule has 0 radical (unpaired) electrons. The smallest absolute Gasteiger partial charge is 0.416 e. The lowest BCUT2D eigenvalue weighted by atomic mass is 10.1. The average Bonchev–Trinajstić information content (AvgIpc) is 2.91. The van der Waals surface area contributed by atoms with Crippen molar-refractivity contribution in [3.05, 3.63) is 106 Å². The van der Waals surface area contributed by atoms with E-state index in [-0.39, 0.29) is 6.42 Å². The third kappa shape index (κ3) is 10.2. The fraction of sp³-hybridized carbons (Fsp3) is 0.267. The molecule has 0 aromatic heterocycles. The van der Waals surface area contributed by atoms with Crippen LogP contribution in [0.3, 0.4) is 0 Å². The van der Waals surface area contributed by atoms with Crippen LogP contribution in [0.15, 0.2) is 78.2 Å². The Morgan fingerprint density at radius 1 is 0.974 bits per heavy atom. The molecule has 0 unspecified atom stereocenters. The number of hydrogen-bond donors (Lipinski definition) is 2. The summed E-state index contributed by atoms with van der Waals surface area (Å²) in [5.74, 6) is -0.109. The van der Waals surface area contributed by atoms with E-state index in [1.165, 1.54) is 23.9 Å². The predicted octanol–water partition coefficient (Wildman–Crippen LogP) is 7.85. The molecule has 0 fully saturated rings. The van der Waals surface area contributed by atoms with E-state index in [0.29, 0.717) is 42.6 Å². The zero-order chi connectivity index (χ0) is 28.3. The van der Waals surface area contributed by atoms with Crippen molar-refractivity contribution >= 4 is 29.0 Å². The number of benzene rings is 3. The SMILES string of the molecule is CCCN(Cc1ccc(COc2ccc(CCC(=O)O)cc2)cc1)C(=N)S/C=C/c1ccc(C(F)(F)F)cc1. The van der Waals surface area contributed by atoms with Crippen molar-refractivity contribution in [2.75, 3.05) is 6.54 Å². The predicted molar refractivity (Wildman–Crippen MR) is 150 cm³/mol. The number of aryl methyl sites for hydroxylation is 1. The minimum Gasteiger partial charge on any atom is -0.489 e. The number of carboxylic acids is 1. The van der Waals surface area contributed by atoms with Crippen LogP contribution in [0.1, 0.15) is 47.6 Å². The lowest BCUT2D eigenvalue weighted by molar-refractivity contribution is -0.138. The summed E-state index contributed by atoms with van der Waals surface area (Å²) < 4.78 is 44.0. The molecule has 39 heavy (non-hydrogen) atoms. The number of carbonyl (C=O) groups is 1. The Bertz CT molecular complexity index is 1240. The number of aliphatic carboxylic acids is 1. The summed E-state index contributed by atoms with van der Waals surface area (Å²) >= 11 is 1.22. The zero-order valence-electron chi connectivity index (χ0n) is 21.6. The van der Waals surface area contributed by atoms with E-state index in [4.69, 9.17) is 15.3 Å². The monoisotopic (exact) mass is 556 g/mol. The van der Waals surface area contributed by atoms with Gasteiger partial charge in [-0.2, -0.15) is 13.2 Å². The molecule has 0 aliphatic carbocycles. The van der Waals surface area contributed by atoms with E-state index in [0.717, 1.165) is 35.2 Å². The number of rotatable bonds is 12. The van der Waals surface area contributed by atoms with Gasteiger partial charge in [-0.25, -0.2) is 0 Å². The molecule has 0 bridgehead atoms. The molecule has 0 amide bonds. The van der Waals surface area contributed by atoms with Gasteiger partial charge in [-0.15, -0.1) is 0 Å². The minimum absolute atomic E-state index is 0.0971. The molecule has 206 valence electrons. The first-order valence-electron chi connectivity index (χ1n) is 12.5. The van der Waals surface area contributed by atoms with Gasteiger partial charge in [0.25, 0.3) is 0 Å². The molecule has 2 N–H and O–H groups in total. The summed E-state index contributed by atoms with van der Waals surface area (Å²) in [6.07, 6.45) is -1.21. The maximum Gasteiger partial charge on any atom is 0.416 e. The number of nitrogens with zero attached hydrogens (tertiary/aromatic N) is 1. The molecule has 9 heteroatoms. The third-order valence-electron chi connectivity index (χ3n) is 5.81. The highest BCUT2D eigenvalue weighted by Crippen LogP contribution is 2.29. The Balaban J connectivity index is 1.50. The Morgan fingerprint density at radius 3 is 2.18 bits per heavy atom. The first-order valence-corrected chi connectivity index (χ1v) is 13.4. The Morgan fingerprint density at radius 2 is 1.59 bits per heavy atom. The molecule has 0 saturated heterocycles. The van der Waals surface area contributed by atoms with Gasteiger partial charge in [0.2, 0.25) is 0 Å². The number of alkyl halides is 3. The average molecular weight is 557 g/mol. The van der Waals surface area contributed by atoms with Crippen molar-refractivity contribution in [1.29, 1.82) is 5.41 Å². The van der Waals surface area contributed by atoms with E-state index in [1.54, 1.807) is 11.5 Å². The van der Waals surface area contributed by atoms with Crippen molar-refractivity contribution < 1.29 is 27.8 Å². The van der Waals surface area contributed by atoms with Crippen LogP contribution in [-0.2, 0) is 30.5 Å². The van der Waals surface area contributed by atoms with Gasteiger partial charge in [0.15, 0.2) is 5.17 Å². The van der Waals surface area contributed by atoms with Crippen molar-refractivity contribution in [3.63, 3.8) is 0 Å². The number of carboxylic acid groups (broad SMARTS) is 1. The summed E-state index contributed by atoms with van der Waals surface area (Å²) in [5, 5.41) is 19.4. The maximum absolute atomic E-state index is 12.7. The first kappa shape index (κ1) is 29.8. The zero-order valence-corrected chi connectivity index (χ0v) is 22.4. The Labute approximate surface area is 230 Å². The summed E-state index contributed by atoms with van der Waals surface area (Å²) in [6.45, 7) is 3.70. The third-order valence-corrected chi connectivity index (χ3v) is 6.57. The number of nitrogens with one attached hydrogen (secondary N) is 1. The minimum atomic E-state index is -4.36. The van der Waals surface area contributed by atoms with Gasteiger partial charge in [-0.3, -0.25) is 10.2 Å². The molecule has 3 rings (SSSR count). The van der Waals surface area contributed by atoms with Crippen LogP contribution < -0.4 is 4.74 Å². The van der Waals surface area contributed by atoms with Crippen LogP contribution >= 0.6 is 11.8 Å². The van der Waals surface area contributed by atoms with Crippen LogP contribution in [0.25, 0.3) is 6.08 Å². The highest BCUT2D eigenvalue weighted by molar-refractivity contribution is 8.16. The Hall–Kier alpha value is -3.72. The number of amidine groups is 1. The van der Waals surface area contributed by atoms with Gasteiger partial charge in [-0.05, 0) is 70.8 Å². The van der Waals surface area contributed by atoms with Crippen LogP contribution in [0.2, 0.25) is 0 Å². The van der Waals surface area contributed by atoms with Gasteiger partial charge in [-0.1, -0.05) is 67.2 Å². The van der Waals surface area contributed by atoms with Gasteiger partial charge in [0.05, 0.1) is 5.56 Å². The Kier molecular flexibility index (Phi) is 11.0. The molecule has 0 atom stereocenters. The highest BCUT2D eigenvalue weighted by Gasteiger charge is 2.29. The second-order valence-electron chi connectivity index (χ2n) is 8.91. The number of hydrogen-bond acceptors (Lipinski definition) is 4. The van der Waals surface area contributed by atoms with E-state index < -0.39 is 17.7 Å². The normalized spacial score (nSPS) is 11.5. The molecule has 0 spiro atoms. The van der Waals surface area contributed by atoms with Gasteiger partial charge < -0.3 is 14.7 Å². The van der Waals surface area contributed by atoms with Gasteiger partial charge >= 0.3 is 12.1 Å². The molecule has 5 nitrogen and oxygen atoms in total. The van der Waals surface area contributed by atoms with Gasteiger partial charge in [0.1, 0.15) is 12.4 Å². The lowest BCUT2D eigenvalue weighted by Crippen LogP contribution is -2.28. The van der Waals surface area contributed by atoms with E-state index >= 15 is 0 Å². The van der Waals surface area contributed by atoms with E-state index in [9.17, 15) is 18.0 Å². The molecule has 0 aliphatic heterocycles. The van der Waals surface area contributed by atoms with Crippen molar-refractivity contribution in [2.24, 2.45) is 0 Å². The summed E-state index contributed by atoms with van der Waals surface area (Å²) in [4.78, 5) is 12.7. The molecule has 0 aliphatic rings. The number of halogens is 3. The molecule has 0 saturated carbocycles. The molecule has 3 aromatic carbocycles. The van der Waals surface area contributed by atoms with Crippen LogP contribution in [0.5, 0.6) is 5.75 Å². The fourth-order valence-corrected chi connectivity index (χ4v) is 4.35. The number of thioether (sulfide) groups is 1. The fourth-order valence-electron chi connectivity index (χ4n) is 3.69. The largest absolute Gasteiger partial charge is 0.489 e.